The highest BCUT2D eigenvalue weighted by Crippen LogP contribution is 2.19. The van der Waals surface area contributed by atoms with Gasteiger partial charge in [0.15, 0.2) is 0 Å². The van der Waals surface area contributed by atoms with Crippen molar-refractivity contribution in [3.8, 4) is 0 Å². The van der Waals surface area contributed by atoms with Crippen molar-refractivity contribution in [3.05, 3.63) is 30.1 Å². The summed E-state index contributed by atoms with van der Waals surface area (Å²) in [4.78, 5) is 6.93. The molecular weight excluding hydrogens is 224 g/mol. The molecule has 1 heterocycles. The second-order valence-corrected chi connectivity index (χ2v) is 3.82. The summed E-state index contributed by atoms with van der Waals surface area (Å²) in [6.07, 6.45) is -4.26. The van der Waals surface area contributed by atoms with Crippen LogP contribution in [0.15, 0.2) is 24.3 Å². The summed E-state index contributed by atoms with van der Waals surface area (Å²) in [7, 11) is 0. The number of rotatable bonds is 4. The van der Waals surface area contributed by atoms with Crippen molar-refractivity contribution in [2.24, 2.45) is 0 Å². The minimum absolute atomic E-state index is 0.159. The Hall–Kier alpha value is -1.47. The number of H-pyrrole nitrogens is 1. The molecule has 0 unspecified atom stereocenters. The Labute approximate surface area is 97.2 Å². The zero-order valence-corrected chi connectivity index (χ0v) is 8.98. The van der Waals surface area contributed by atoms with Gasteiger partial charge in [-0.05, 0) is 12.1 Å². The maximum atomic E-state index is 9.78. The third kappa shape index (κ3) is 2.29. The van der Waals surface area contributed by atoms with Crippen molar-refractivity contribution in [1.82, 2.24) is 9.97 Å². The molecule has 0 fully saturated rings. The van der Waals surface area contributed by atoms with E-state index < -0.39 is 24.9 Å². The summed E-state index contributed by atoms with van der Waals surface area (Å²) < 4.78 is 0. The van der Waals surface area contributed by atoms with Crippen LogP contribution in [0.25, 0.3) is 11.0 Å². The Balaban J connectivity index is 2.27. The fourth-order valence-electron chi connectivity index (χ4n) is 1.59. The van der Waals surface area contributed by atoms with E-state index in [0.717, 1.165) is 5.52 Å². The molecule has 0 spiro atoms. The van der Waals surface area contributed by atoms with E-state index in [4.69, 9.17) is 5.11 Å². The van der Waals surface area contributed by atoms with Gasteiger partial charge in [0.05, 0.1) is 17.6 Å². The number of para-hydroxylation sites is 2. The number of aliphatic hydroxyl groups is 4. The molecule has 3 atom stereocenters. The van der Waals surface area contributed by atoms with Crippen LogP contribution in [0.4, 0.5) is 0 Å². The van der Waals surface area contributed by atoms with Gasteiger partial charge in [-0.15, -0.1) is 0 Å². The molecule has 0 aliphatic carbocycles. The van der Waals surface area contributed by atoms with E-state index in [-0.39, 0.29) is 5.82 Å². The van der Waals surface area contributed by atoms with Crippen LogP contribution < -0.4 is 0 Å². The molecule has 17 heavy (non-hydrogen) atoms. The average molecular weight is 238 g/mol. The van der Waals surface area contributed by atoms with E-state index in [9.17, 15) is 15.3 Å². The third-order valence-electron chi connectivity index (χ3n) is 2.59. The number of nitrogens with one attached hydrogen (secondary N) is 1. The minimum Gasteiger partial charge on any atom is -0.394 e. The van der Waals surface area contributed by atoms with Gasteiger partial charge in [-0.25, -0.2) is 4.98 Å². The zero-order valence-electron chi connectivity index (χ0n) is 8.98. The van der Waals surface area contributed by atoms with Gasteiger partial charge >= 0.3 is 0 Å². The van der Waals surface area contributed by atoms with Crippen LogP contribution in [-0.4, -0.2) is 49.2 Å². The van der Waals surface area contributed by atoms with Gasteiger partial charge in [0.1, 0.15) is 24.1 Å². The van der Waals surface area contributed by atoms with Crippen LogP contribution in [0, 0.1) is 0 Å². The summed E-state index contributed by atoms with van der Waals surface area (Å²) in [6, 6.07) is 7.16. The van der Waals surface area contributed by atoms with E-state index in [0.29, 0.717) is 5.52 Å². The number of aromatic nitrogens is 2. The van der Waals surface area contributed by atoms with Crippen LogP contribution in [0.5, 0.6) is 0 Å². The molecule has 0 saturated heterocycles. The van der Waals surface area contributed by atoms with E-state index in [2.05, 4.69) is 9.97 Å². The quantitative estimate of drug-likeness (QED) is 0.484. The third-order valence-corrected chi connectivity index (χ3v) is 2.59. The van der Waals surface area contributed by atoms with Crippen LogP contribution in [0.1, 0.15) is 11.9 Å². The molecule has 0 saturated carbocycles. The van der Waals surface area contributed by atoms with Crippen LogP contribution >= 0.6 is 0 Å². The van der Waals surface area contributed by atoms with E-state index in [1.54, 1.807) is 18.2 Å². The molecule has 1 aromatic carbocycles. The lowest BCUT2D eigenvalue weighted by atomic mass is 10.1. The molecule has 2 rings (SSSR count). The summed E-state index contributed by atoms with van der Waals surface area (Å²) in [5, 5.41) is 37.2. The fourth-order valence-corrected chi connectivity index (χ4v) is 1.59. The van der Waals surface area contributed by atoms with E-state index >= 15 is 0 Å². The largest absolute Gasteiger partial charge is 0.394 e. The summed E-state index contributed by atoms with van der Waals surface area (Å²) >= 11 is 0. The number of imidazole rings is 1. The predicted molar refractivity (Wildman–Crippen MR) is 60.2 cm³/mol. The highest BCUT2D eigenvalue weighted by molar-refractivity contribution is 5.74. The van der Waals surface area contributed by atoms with Crippen molar-refractivity contribution >= 4 is 11.0 Å². The second-order valence-electron chi connectivity index (χ2n) is 3.82. The standard InChI is InChI=1S/C11H14N2O4/c14-5-8(15)9(16)10(17)11-12-6-3-1-2-4-7(6)13-11/h1-4,8-10,14-17H,5H2,(H,12,13)/t8-,9-,10+/m1/s1. The monoisotopic (exact) mass is 238 g/mol. The van der Waals surface area contributed by atoms with Crippen molar-refractivity contribution < 1.29 is 20.4 Å². The number of hydrogen-bond acceptors (Lipinski definition) is 5. The van der Waals surface area contributed by atoms with Crippen LogP contribution in [0.3, 0.4) is 0 Å². The Morgan fingerprint density at radius 2 is 1.88 bits per heavy atom. The fraction of sp³-hybridized carbons (Fsp3) is 0.364. The number of nitrogens with zero attached hydrogens (tertiary/aromatic N) is 1. The molecular formula is C11H14N2O4. The van der Waals surface area contributed by atoms with Gasteiger partial charge in [-0.3, -0.25) is 0 Å². The minimum atomic E-state index is -1.49. The molecule has 0 radical (unpaired) electrons. The Morgan fingerprint density at radius 1 is 1.18 bits per heavy atom. The van der Waals surface area contributed by atoms with E-state index in [1.165, 1.54) is 0 Å². The van der Waals surface area contributed by atoms with Gasteiger partial charge in [-0.2, -0.15) is 0 Å². The van der Waals surface area contributed by atoms with Gasteiger partial charge in [0, 0.05) is 0 Å². The predicted octanol–water partition coefficient (Wildman–Crippen LogP) is -0.690. The molecule has 6 heteroatoms. The van der Waals surface area contributed by atoms with Gasteiger partial charge in [0.2, 0.25) is 0 Å². The lowest BCUT2D eigenvalue weighted by Crippen LogP contribution is -2.35. The Bertz CT molecular complexity index is 466. The molecule has 92 valence electrons. The first kappa shape index (κ1) is 12.0. The van der Waals surface area contributed by atoms with Crippen molar-refractivity contribution in [2.45, 2.75) is 18.3 Å². The maximum Gasteiger partial charge on any atom is 0.140 e. The highest BCUT2D eigenvalue weighted by Gasteiger charge is 2.27. The first-order chi connectivity index (χ1) is 8.13. The smallest absolute Gasteiger partial charge is 0.140 e. The summed E-state index contributed by atoms with van der Waals surface area (Å²) in [6.45, 7) is -0.627. The van der Waals surface area contributed by atoms with Gasteiger partial charge in [-0.1, -0.05) is 12.1 Å². The number of hydrogen-bond donors (Lipinski definition) is 5. The first-order valence-electron chi connectivity index (χ1n) is 5.23. The van der Waals surface area contributed by atoms with Crippen molar-refractivity contribution in [3.63, 3.8) is 0 Å². The number of aromatic amines is 1. The number of aliphatic hydroxyl groups excluding tert-OH is 4. The molecule has 0 aliphatic rings. The molecule has 6 nitrogen and oxygen atoms in total. The first-order valence-corrected chi connectivity index (χ1v) is 5.23. The van der Waals surface area contributed by atoms with Crippen molar-refractivity contribution in [2.75, 3.05) is 6.61 Å². The molecule has 0 aliphatic heterocycles. The van der Waals surface area contributed by atoms with Crippen LogP contribution in [-0.2, 0) is 0 Å². The van der Waals surface area contributed by atoms with Gasteiger partial charge < -0.3 is 25.4 Å². The van der Waals surface area contributed by atoms with Crippen molar-refractivity contribution in [1.29, 1.82) is 0 Å². The number of benzene rings is 1. The lowest BCUT2D eigenvalue weighted by Gasteiger charge is -2.19. The maximum absolute atomic E-state index is 9.78. The number of fused-ring (bicyclic) bond motifs is 1. The summed E-state index contributed by atoms with van der Waals surface area (Å²) in [5.74, 6) is 0.159. The lowest BCUT2D eigenvalue weighted by molar-refractivity contribution is -0.0800. The Kier molecular flexibility index (Phi) is 3.39. The second kappa shape index (κ2) is 4.80. The molecule has 1 aromatic heterocycles. The summed E-state index contributed by atoms with van der Waals surface area (Å²) in [5.41, 5.74) is 1.39. The average Bonchev–Trinajstić information content (AvgIpc) is 2.79. The molecule has 2 aromatic rings. The van der Waals surface area contributed by atoms with E-state index in [1.807, 2.05) is 6.07 Å². The molecule has 0 bridgehead atoms. The SMILES string of the molecule is OC[C@@H](O)[C@@H](O)[C@H](O)c1nc2ccccc2[nH]1. The zero-order chi connectivity index (χ0) is 12.4. The topological polar surface area (TPSA) is 110 Å². The van der Waals surface area contributed by atoms with Crippen LogP contribution in [0.2, 0.25) is 0 Å². The molecule has 5 N–H and O–H groups in total. The highest BCUT2D eigenvalue weighted by atomic mass is 16.4. The molecule has 0 amide bonds. The normalized spacial score (nSPS) is 16.9. The Morgan fingerprint density at radius 3 is 2.53 bits per heavy atom. The van der Waals surface area contributed by atoms with Gasteiger partial charge in [0.25, 0.3) is 0 Å².